The van der Waals surface area contributed by atoms with E-state index in [1.54, 1.807) is 6.92 Å². The smallest absolute Gasteiger partial charge is 0.855 e. The first-order valence-corrected chi connectivity index (χ1v) is 3.91. The van der Waals surface area contributed by atoms with Crippen LogP contribution in [0.2, 0.25) is 0 Å². The summed E-state index contributed by atoms with van der Waals surface area (Å²) in [5.74, 6) is 0. The van der Waals surface area contributed by atoms with Crippen LogP contribution in [0.5, 0.6) is 0 Å². The SMILES string of the molecule is CCCCCC.CC[O-].[Na+]. The van der Waals surface area contributed by atoms with Gasteiger partial charge in [0, 0.05) is 0 Å². The molecule has 0 fully saturated rings. The molecule has 58 valence electrons. The third kappa shape index (κ3) is 36.2. The van der Waals surface area contributed by atoms with Crippen LogP contribution >= 0.6 is 0 Å². The van der Waals surface area contributed by atoms with Crippen LogP contribution in [0.3, 0.4) is 0 Å². The van der Waals surface area contributed by atoms with Crippen molar-refractivity contribution in [2.24, 2.45) is 0 Å². The molecule has 0 aromatic heterocycles. The van der Waals surface area contributed by atoms with Crippen LogP contribution in [0.15, 0.2) is 0 Å². The zero-order valence-corrected chi connectivity index (χ0v) is 9.94. The molecule has 0 atom stereocenters. The van der Waals surface area contributed by atoms with Crippen molar-refractivity contribution in [3.05, 3.63) is 0 Å². The first-order chi connectivity index (χ1) is 4.33. The second-order valence-electron chi connectivity index (χ2n) is 2.00. The van der Waals surface area contributed by atoms with Gasteiger partial charge < -0.3 is 5.11 Å². The molecule has 0 rings (SSSR count). The minimum atomic E-state index is 0. The molecular weight excluding hydrogens is 135 g/mol. The van der Waals surface area contributed by atoms with E-state index < -0.39 is 0 Å². The van der Waals surface area contributed by atoms with Crippen LogP contribution in [0.1, 0.15) is 46.5 Å². The second-order valence-corrected chi connectivity index (χ2v) is 2.00. The van der Waals surface area contributed by atoms with E-state index in [0.717, 1.165) is 0 Å². The summed E-state index contributed by atoms with van der Waals surface area (Å²) in [6, 6.07) is 0. The number of unbranched alkanes of at least 4 members (excludes halogenated alkanes) is 3. The summed E-state index contributed by atoms with van der Waals surface area (Å²) >= 11 is 0. The molecular formula is C8H19NaO. The first kappa shape index (κ1) is 17.2. The molecule has 0 aliphatic carbocycles. The minimum absolute atomic E-state index is 0. The average molecular weight is 154 g/mol. The summed E-state index contributed by atoms with van der Waals surface area (Å²) in [5.41, 5.74) is 0. The summed E-state index contributed by atoms with van der Waals surface area (Å²) in [7, 11) is 0. The summed E-state index contributed by atoms with van der Waals surface area (Å²) in [6.07, 6.45) is 5.54. The number of rotatable bonds is 3. The predicted molar refractivity (Wildman–Crippen MR) is 40.4 cm³/mol. The summed E-state index contributed by atoms with van der Waals surface area (Å²) in [4.78, 5) is 0. The third-order valence-electron chi connectivity index (χ3n) is 0.957. The molecule has 0 radical (unpaired) electrons. The zero-order valence-electron chi connectivity index (χ0n) is 7.94. The number of hydrogen-bond donors (Lipinski definition) is 0. The Morgan fingerprint density at radius 3 is 1.20 bits per heavy atom. The fraction of sp³-hybridized carbons (Fsp3) is 1.00. The normalized spacial score (nSPS) is 7.20. The van der Waals surface area contributed by atoms with Crippen molar-refractivity contribution in [2.45, 2.75) is 46.5 Å². The molecule has 2 heteroatoms. The van der Waals surface area contributed by atoms with Crippen LogP contribution in [0.25, 0.3) is 0 Å². The van der Waals surface area contributed by atoms with E-state index in [-0.39, 0.29) is 36.2 Å². The molecule has 0 aromatic rings. The number of hydrogen-bond acceptors (Lipinski definition) is 1. The van der Waals surface area contributed by atoms with Crippen LogP contribution in [0.4, 0.5) is 0 Å². The van der Waals surface area contributed by atoms with Crippen molar-refractivity contribution >= 4 is 0 Å². The minimum Gasteiger partial charge on any atom is -0.855 e. The summed E-state index contributed by atoms with van der Waals surface area (Å²) in [5, 5.41) is 8.93. The summed E-state index contributed by atoms with van der Waals surface area (Å²) in [6.45, 7) is 6.03. The van der Waals surface area contributed by atoms with Crippen LogP contribution < -0.4 is 34.7 Å². The van der Waals surface area contributed by atoms with Crippen molar-refractivity contribution in [2.75, 3.05) is 6.61 Å². The Morgan fingerprint density at radius 1 is 0.900 bits per heavy atom. The van der Waals surface area contributed by atoms with Gasteiger partial charge >= 0.3 is 29.6 Å². The second kappa shape index (κ2) is 22.5. The fourth-order valence-electron chi connectivity index (χ4n) is 0.500. The van der Waals surface area contributed by atoms with Gasteiger partial charge in [0.05, 0.1) is 0 Å². The quantitative estimate of drug-likeness (QED) is 0.376. The molecule has 0 unspecified atom stereocenters. The molecule has 1 nitrogen and oxygen atoms in total. The average Bonchev–Trinajstić information content (AvgIpc) is 1.86. The molecule has 10 heavy (non-hydrogen) atoms. The molecule has 0 bridgehead atoms. The van der Waals surface area contributed by atoms with E-state index in [2.05, 4.69) is 13.8 Å². The Labute approximate surface area is 87.5 Å². The predicted octanol–water partition coefficient (Wildman–Crippen LogP) is -1.04. The van der Waals surface area contributed by atoms with E-state index in [1.165, 1.54) is 25.7 Å². The molecule has 0 heterocycles. The van der Waals surface area contributed by atoms with Gasteiger partial charge in [-0.2, -0.15) is 0 Å². The van der Waals surface area contributed by atoms with Crippen molar-refractivity contribution in [3.63, 3.8) is 0 Å². The molecule has 0 aromatic carbocycles. The molecule has 0 aliphatic rings. The van der Waals surface area contributed by atoms with E-state index in [1.807, 2.05) is 0 Å². The van der Waals surface area contributed by atoms with Crippen LogP contribution in [0, 0.1) is 0 Å². The van der Waals surface area contributed by atoms with Gasteiger partial charge in [0.25, 0.3) is 0 Å². The zero-order chi connectivity index (χ0) is 7.54. The molecule has 0 saturated carbocycles. The first-order valence-electron chi connectivity index (χ1n) is 3.91. The van der Waals surface area contributed by atoms with E-state index >= 15 is 0 Å². The van der Waals surface area contributed by atoms with Gasteiger partial charge in [-0.05, 0) is 0 Å². The van der Waals surface area contributed by atoms with Crippen molar-refractivity contribution in [1.82, 2.24) is 0 Å². The van der Waals surface area contributed by atoms with Crippen LogP contribution in [-0.2, 0) is 0 Å². The van der Waals surface area contributed by atoms with Gasteiger partial charge in [-0.25, -0.2) is 0 Å². The van der Waals surface area contributed by atoms with Gasteiger partial charge in [0.2, 0.25) is 0 Å². The van der Waals surface area contributed by atoms with Crippen molar-refractivity contribution in [3.8, 4) is 0 Å². The Hall–Kier alpha value is 0.960. The van der Waals surface area contributed by atoms with Gasteiger partial charge in [0.15, 0.2) is 0 Å². The molecule has 0 aliphatic heterocycles. The maximum atomic E-state index is 8.93. The Balaban J connectivity index is -0.000000107. The Bertz CT molecular complexity index is 28.4. The topological polar surface area (TPSA) is 23.1 Å². The van der Waals surface area contributed by atoms with E-state index in [0.29, 0.717) is 0 Å². The Morgan fingerprint density at radius 2 is 1.10 bits per heavy atom. The van der Waals surface area contributed by atoms with E-state index in [4.69, 9.17) is 5.11 Å². The maximum Gasteiger partial charge on any atom is 1.00 e. The molecule has 0 spiro atoms. The largest absolute Gasteiger partial charge is 1.00 e. The van der Waals surface area contributed by atoms with Gasteiger partial charge in [0.1, 0.15) is 0 Å². The maximum absolute atomic E-state index is 8.93. The molecule has 0 N–H and O–H groups in total. The Kier molecular flexibility index (Phi) is 38.6. The fourth-order valence-corrected chi connectivity index (χ4v) is 0.500. The monoisotopic (exact) mass is 154 g/mol. The van der Waals surface area contributed by atoms with Gasteiger partial charge in [-0.1, -0.05) is 46.5 Å². The van der Waals surface area contributed by atoms with Gasteiger partial charge in [-0.3, -0.25) is 0 Å². The summed E-state index contributed by atoms with van der Waals surface area (Å²) < 4.78 is 0. The standard InChI is InChI=1S/C6H14.C2H5O.Na/c1-3-5-6-4-2;1-2-3;/h3-6H2,1-2H3;2H2,1H3;/q;-1;+1. The van der Waals surface area contributed by atoms with Crippen molar-refractivity contribution in [1.29, 1.82) is 0 Å². The van der Waals surface area contributed by atoms with Gasteiger partial charge in [-0.15, -0.1) is 6.61 Å². The van der Waals surface area contributed by atoms with Crippen LogP contribution in [-0.4, -0.2) is 6.61 Å². The van der Waals surface area contributed by atoms with E-state index in [9.17, 15) is 0 Å². The third-order valence-corrected chi connectivity index (χ3v) is 0.957. The van der Waals surface area contributed by atoms with Crippen molar-refractivity contribution < 1.29 is 34.7 Å². The molecule has 0 amide bonds. The molecule has 0 saturated heterocycles.